The highest BCUT2D eigenvalue weighted by atomic mass is 35.5. The van der Waals surface area contributed by atoms with Gasteiger partial charge in [0.2, 0.25) is 5.91 Å². The summed E-state index contributed by atoms with van der Waals surface area (Å²) < 4.78 is 1.41. The third kappa shape index (κ3) is 1.98. The second-order valence-electron chi connectivity index (χ2n) is 2.32. The number of nitrogens with zero attached hydrogens (tertiary/aromatic N) is 3. The molecule has 0 bridgehead atoms. The Labute approximate surface area is 79.9 Å². The zero-order valence-electron chi connectivity index (χ0n) is 6.91. The molecule has 0 aliphatic heterocycles. The van der Waals surface area contributed by atoms with Crippen molar-refractivity contribution < 1.29 is 4.79 Å². The molecule has 0 fully saturated rings. The number of hydrogen-bond donors (Lipinski definition) is 1. The van der Waals surface area contributed by atoms with Crippen molar-refractivity contribution in [1.29, 1.82) is 5.26 Å². The van der Waals surface area contributed by atoms with Crippen LogP contribution in [-0.4, -0.2) is 21.6 Å². The average molecular weight is 199 g/mol. The molecule has 1 aromatic heterocycles. The van der Waals surface area contributed by atoms with E-state index in [2.05, 4.69) is 10.4 Å². The van der Waals surface area contributed by atoms with Crippen LogP contribution in [0.1, 0.15) is 5.56 Å². The van der Waals surface area contributed by atoms with Gasteiger partial charge in [0.15, 0.2) is 0 Å². The Hall–Kier alpha value is -1.54. The number of aryl methyl sites for hydroxylation is 1. The molecule has 0 aliphatic carbocycles. The van der Waals surface area contributed by atoms with Gasteiger partial charge in [-0.2, -0.15) is 10.4 Å². The largest absolute Gasteiger partial charge is 0.309 e. The highest BCUT2D eigenvalue weighted by molar-refractivity contribution is 6.29. The van der Waals surface area contributed by atoms with Gasteiger partial charge in [-0.25, -0.2) is 0 Å². The number of halogens is 1. The molecule has 6 heteroatoms. The minimum absolute atomic E-state index is 0.143. The molecule has 0 unspecified atom stereocenters. The monoisotopic (exact) mass is 198 g/mol. The first-order valence-corrected chi connectivity index (χ1v) is 4.00. The van der Waals surface area contributed by atoms with Crippen molar-refractivity contribution in [3.63, 3.8) is 0 Å². The average Bonchev–Trinajstić information content (AvgIpc) is 2.48. The predicted octanol–water partition coefficient (Wildman–Crippen LogP) is 0.469. The second-order valence-corrected chi connectivity index (χ2v) is 2.59. The highest BCUT2D eigenvalue weighted by Gasteiger charge is 2.09. The first kappa shape index (κ1) is 9.55. The molecule has 0 saturated heterocycles. The smallest absolute Gasteiger partial charge is 0.240 e. The van der Waals surface area contributed by atoms with Crippen LogP contribution < -0.4 is 5.32 Å². The van der Waals surface area contributed by atoms with Crippen molar-refractivity contribution in [1.82, 2.24) is 9.78 Å². The minimum atomic E-state index is -0.359. The van der Waals surface area contributed by atoms with Gasteiger partial charge in [-0.05, 0) is 0 Å². The lowest BCUT2D eigenvalue weighted by atomic mass is 10.3. The van der Waals surface area contributed by atoms with E-state index in [0.717, 1.165) is 0 Å². The number of nitriles is 1. The number of nitrogens with one attached hydrogen (secondary N) is 1. The van der Waals surface area contributed by atoms with Crippen molar-refractivity contribution in [2.75, 3.05) is 11.2 Å². The van der Waals surface area contributed by atoms with E-state index >= 15 is 0 Å². The molecule has 5 nitrogen and oxygen atoms in total. The maximum Gasteiger partial charge on any atom is 0.240 e. The van der Waals surface area contributed by atoms with E-state index < -0.39 is 0 Å². The van der Waals surface area contributed by atoms with Crippen LogP contribution in [0.25, 0.3) is 0 Å². The molecule has 1 aromatic rings. The van der Waals surface area contributed by atoms with Gasteiger partial charge in [0.25, 0.3) is 0 Å². The number of carbonyl (C=O) groups is 1. The Morgan fingerprint density at radius 3 is 3.15 bits per heavy atom. The number of rotatable bonds is 2. The van der Waals surface area contributed by atoms with Crippen molar-refractivity contribution in [3.8, 4) is 6.07 Å². The molecule has 0 radical (unpaired) electrons. The maximum absolute atomic E-state index is 10.9. The van der Waals surface area contributed by atoms with Gasteiger partial charge in [-0.3, -0.25) is 9.48 Å². The van der Waals surface area contributed by atoms with Crippen LogP contribution in [-0.2, 0) is 11.8 Å². The topological polar surface area (TPSA) is 70.7 Å². The van der Waals surface area contributed by atoms with Gasteiger partial charge in [0.1, 0.15) is 23.3 Å². The molecule has 0 spiro atoms. The Balaban J connectivity index is 2.93. The Kier molecular flexibility index (Phi) is 2.88. The highest BCUT2D eigenvalue weighted by Crippen LogP contribution is 2.11. The van der Waals surface area contributed by atoms with E-state index in [4.69, 9.17) is 16.9 Å². The van der Waals surface area contributed by atoms with Crippen molar-refractivity contribution in [2.45, 2.75) is 0 Å². The van der Waals surface area contributed by atoms with Crippen LogP contribution >= 0.6 is 11.6 Å². The standard InChI is InChI=1S/C7H7ClN4O/c1-12-7(11-6(13)2-8)5(3-9)4-10-12/h4H,2H2,1H3,(H,11,13). The molecule has 13 heavy (non-hydrogen) atoms. The number of carbonyl (C=O) groups excluding carboxylic acids is 1. The number of alkyl halides is 1. The quantitative estimate of drug-likeness (QED) is 0.703. The van der Waals surface area contributed by atoms with Crippen LogP contribution in [0.4, 0.5) is 5.82 Å². The number of aromatic nitrogens is 2. The Morgan fingerprint density at radius 1 is 1.92 bits per heavy atom. The van der Waals surface area contributed by atoms with E-state index in [9.17, 15) is 4.79 Å². The third-order valence-corrected chi connectivity index (χ3v) is 1.68. The fourth-order valence-corrected chi connectivity index (χ4v) is 0.900. The molecular weight excluding hydrogens is 192 g/mol. The summed E-state index contributed by atoms with van der Waals surface area (Å²) in [5.41, 5.74) is 0.320. The summed E-state index contributed by atoms with van der Waals surface area (Å²) >= 11 is 5.29. The zero-order valence-corrected chi connectivity index (χ0v) is 7.67. The number of amides is 1. The van der Waals surface area contributed by atoms with E-state index in [1.54, 1.807) is 7.05 Å². The van der Waals surface area contributed by atoms with Gasteiger partial charge in [-0.15, -0.1) is 11.6 Å². The Bertz CT molecular complexity index is 365. The van der Waals surface area contributed by atoms with Crippen LogP contribution in [0, 0.1) is 11.3 Å². The lowest BCUT2D eigenvalue weighted by Crippen LogP contribution is -2.16. The minimum Gasteiger partial charge on any atom is -0.309 e. The number of anilines is 1. The molecule has 0 saturated carbocycles. The summed E-state index contributed by atoms with van der Waals surface area (Å²) in [6.07, 6.45) is 1.38. The summed E-state index contributed by atoms with van der Waals surface area (Å²) in [5.74, 6) is -0.134. The second kappa shape index (κ2) is 3.92. The van der Waals surface area contributed by atoms with Crippen LogP contribution in [0.3, 0.4) is 0 Å². The molecule has 0 aromatic carbocycles. The molecular formula is C7H7ClN4O. The van der Waals surface area contributed by atoms with Gasteiger partial charge in [0, 0.05) is 7.05 Å². The van der Waals surface area contributed by atoms with E-state index in [-0.39, 0.29) is 11.8 Å². The fraction of sp³-hybridized carbons (Fsp3) is 0.286. The SMILES string of the molecule is Cn1ncc(C#N)c1NC(=O)CCl. The molecule has 68 valence electrons. The molecule has 0 aliphatic rings. The number of hydrogen-bond acceptors (Lipinski definition) is 3. The summed E-state index contributed by atoms with van der Waals surface area (Å²) in [7, 11) is 1.63. The van der Waals surface area contributed by atoms with Crippen LogP contribution in [0.15, 0.2) is 6.20 Å². The summed E-state index contributed by atoms with van der Waals surface area (Å²) in [5, 5.41) is 14.9. The third-order valence-electron chi connectivity index (χ3n) is 1.44. The van der Waals surface area contributed by atoms with Crippen molar-refractivity contribution in [3.05, 3.63) is 11.8 Å². The summed E-state index contributed by atoms with van der Waals surface area (Å²) in [6, 6.07) is 1.90. The van der Waals surface area contributed by atoms with Gasteiger partial charge in [-0.1, -0.05) is 0 Å². The van der Waals surface area contributed by atoms with E-state index in [0.29, 0.717) is 11.4 Å². The van der Waals surface area contributed by atoms with Gasteiger partial charge < -0.3 is 5.32 Å². The van der Waals surface area contributed by atoms with Crippen molar-refractivity contribution in [2.24, 2.45) is 7.05 Å². The van der Waals surface area contributed by atoms with Crippen molar-refractivity contribution >= 4 is 23.3 Å². The zero-order chi connectivity index (χ0) is 9.84. The van der Waals surface area contributed by atoms with E-state index in [1.807, 2.05) is 6.07 Å². The van der Waals surface area contributed by atoms with Crippen LogP contribution in [0.2, 0.25) is 0 Å². The lowest BCUT2D eigenvalue weighted by molar-refractivity contribution is -0.114. The molecule has 1 N–H and O–H groups in total. The van der Waals surface area contributed by atoms with E-state index in [1.165, 1.54) is 10.9 Å². The lowest BCUT2D eigenvalue weighted by Gasteiger charge is -2.02. The fourth-order valence-electron chi connectivity index (χ4n) is 0.833. The molecule has 1 rings (SSSR count). The molecule has 1 amide bonds. The normalized spacial score (nSPS) is 9.31. The summed E-state index contributed by atoms with van der Waals surface area (Å²) in [4.78, 5) is 10.9. The van der Waals surface area contributed by atoms with Crippen LogP contribution in [0.5, 0.6) is 0 Å². The molecule has 0 atom stereocenters. The summed E-state index contributed by atoms with van der Waals surface area (Å²) in [6.45, 7) is 0. The van der Waals surface area contributed by atoms with Gasteiger partial charge in [0.05, 0.1) is 6.20 Å². The molecule has 1 heterocycles. The Morgan fingerprint density at radius 2 is 2.62 bits per heavy atom. The predicted molar refractivity (Wildman–Crippen MR) is 47.3 cm³/mol. The van der Waals surface area contributed by atoms with Gasteiger partial charge >= 0.3 is 0 Å². The first-order chi connectivity index (χ1) is 6.19. The first-order valence-electron chi connectivity index (χ1n) is 3.47. The maximum atomic E-state index is 10.9.